The number of carbonyl (C=O) groups excluding carboxylic acids is 1. The molecule has 0 spiro atoms. The summed E-state index contributed by atoms with van der Waals surface area (Å²) in [4.78, 5) is 16.1. The molecule has 5 heteroatoms. The number of rotatable bonds is 2. The van der Waals surface area contributed by atoms with E-state index in [0.717, 1.165) is 5.52 Å². The summed E-state index contributed by atoms with van der Waals surface area (Å²) >= 11 is 0. The summed E-state index contributed by atoms with van der Waals surface area (Å²) in [5, 5.41) is 3.48. The molecule has 0 aliphatic rings. The molecule has 3 rings (SSSR count). The van der Waals surface area contributed by atoms with Crippen molar-refractivity contribution in [2.75, 3.05) is 5.32 Å². The van der Waals surface area contributed by atoms with E-state index in [0.29, 0.717) is 16.8 Å². The highest BCUT2D eigenvalue weighted by atomic mass is 19.1. The van der Waals surface area contributed by atoms with Gasteiger partial charge in [0.2, 0.25) is 0 Å². The Hall–Kier alpha value is -2.69. The maximum absolute atomic E-state index is 13.2. The van der Waals surface area contributed by atoms with Gasteiger partial charge in [-0.25, -0.2) is 4.39 Å². The third-order valence-corrected chi connectivity index (χ3v) is 3.18. The number of amides is 1. The van der Waals surface area contributed by atoms with E-state index < -0.39 is 0 Å². The number of halogens is 1. The SMILES string of the molecule is Cn1c(C(=O)Nc2ccncc2)cc2cc(F)ccc21. The number of carbonyl (C=O) groups is 1. The molecule has 4 nitrogen and oxygen atoms in total. The van der Waals surface area contributed by atoms with E-state index in [4.69, 9.17) is 0 Å². The lowest BCUT2D eigenvalue weighted by Crippen LogP contribution is -2.15. The minimum Gasteiger partial charge on any atom is -0.340 e. The number of fused-ring (bicyclic) bond motifs is 1. The first kappa shape index (κ1) is 12.3. The lowest BCUT2D eigenvalue weighted by Gasteiger charge is -2.06. The van der Waals surface area contributed by atoms with Gasteiger partial charge in [0.1, 0.15) is 11.5 Å². The zero-order chi connectivity index (χ0) is 14.1. The highest BCUT2D eigenvalue weighted by molar-refractivity contribution is 6.06. The average molecular weight is 269 g/mol. The molecule has 100 valence electrons. The van der Waals surface area contributed by atoms with Crippen LogP contribution in [0.4, 0.5) is 10.1 Å². The first-order valence-corrected chi connectivity index (χ1v) is 6.11. The van der Waals surface area contributed by atoms with Crippen LogP contribution in [0.15, 0.2) is 48.8 Å². The molecule has 2 heterocycles. The summed E-state index contributed by atoms with van der Waals surface area (Å²) in [7, 11) is 1.78. The number of aromatic nitrogens is 2. The van der Waals surface area contributed by atoms with Crippen molar-refractivity contribution in [1.82, 2.24) is 9.55 Å². The van der Waals surface area contributed by atoms with Crippen molar-refractivity contribution in [3.05, 3.63) is 60.3 Å². The predicted molar refractivity (Wildman–Crippen MR) is 75.1 cm³/mol. The smallest absolute Gasteiger partial charge is 0.272 e. The van der Waals surface area contributed by atoms with E-state index in [1.807, 2.05) is 0 Å². The number of anilines is 1. The first-order chi connectivity index (χ1) is 9.65. The van der Waals surface area contributed by atoms with Gasteiger partial charge in [0.05, 0.1) is 0 Å². The second kappa shape index (κ2) is 4.77. The fraction of sp³-hybridized carbons (Fsp3) is 0.0667. The molecule has 1 N–H and O–H groups in total. The van der Waals surface area contributed by atoms with Gasteiger partial charge >= 0.3 is 0 Å². The molecule has 0 radical (unpaired) electrons. The van der Waals surface area contributed by atoms with Crippen LogP contribution < -0.4 is 5.32 Å². The fourth-order valence-corrected chi connectivity index (χ4v) is 2.17. The predicted octanol–water partition coefficient (Wildman–Crippen LogP) is 2.96. The van der Waals surface area contributed by atoms with Gasteiger partial charge in [0, 0.05) is 36.0 Å². The van der Waals surface area contributed by atoms with Crippen molar-refractivity contribution in [1.29, 1.82) is 0 Å². The lowest BCUT2D eigenvalue weighted by atomic mass is 10.2. The van der Waals surface area contributed by atoms with Crippen molar-refractivity contribution in [3.8, 4) is 0 Å². The standard InChI is InChI=1S/C15H12FN3O/c1-19-13-3-2-11(16)8-10(13)9-14(19)15(20)18-12-4-6-17-7-5-12/h2-9H,1H3,(H,17,18,20). The van der Waals surface area contributed by atoms with E-state index in [1.165, 1.54) is 12.1 Å². The van der Waals surface area contributed by atoms with E-state index >= 15 is 0 Å². The number of nitrogens with zero attached hydrogens (tertiary/aromatic N) is 2. The second-order valence-corrected chi connectivity index (χ2v) is 4.48. The average Bonchev–Trinajstić information content (AvgIpc) is 2.76. The van der Waals surface area contributed by atoms with E-state index in [2.05, 4.69) is 10.3 Å². The Morgan fingerprint density at radius 1 is 1.20 bits per heavy atom. The summed E-state index contributed by atoms with van der Waals surface area (Å²) in [6, 6.07) is 9.55. The topological polar surface area (TPSA) is 46.9 Å². The Kier molecular flexibility index (Phi) is 2.95. The van der Waals surface area contributed by atoms with Gasteiger partial charge in [-0.15, -0.1) is 0 Å². The Balaban J connectivity index is 1.97. The van der Waals surface area contributed by atoms with Crippen molar-refractivity contribution in [2.24, 2.45) is 7.05 Å². The summed E-state index contributed by atoms with van der Waals surface area (Å²) in [6.45, 7) is 0. The van der Waals surface area contributed by atoms with Crippen molar-refractivity contribution < 1.29 is 9.18 Å². The molecule has 1 aromatic carbocycles. The molecule has 0 saturated carbocycles. The molecule has 0 bridgehead atoms. The summed E-state index contributed by atoms with van der Waals surface area (Å²) in [5.41, 5.74) is 1.95. The number of aryl methyl sites for hydroxylation is 1. The lowest BCUT2D eigenvalue weighted by molar-refractivity contribution is 0.102. The highest BCUT2D eigenvalue weighted by Crippen LogP contribution is 2.20. The zero-order valence-electron chi connectivity index (χ0n) is 10.8. The van der Waals surface area contributed by atoms with Crippen LogP contribution in [0.1, 0.15) is 10.5 Å². The molecule has 0 saturated heterocycles. The highest BCUT2D eigenvalue weighted by Gasteiger charge is 2.13. The molecule has 2 aromatic heterocycles. The van der Waals surface area contributed by atoms with Gasteiger partial charge in [-0.2, -0.15) is 0 Å². The molecule has 0 fully saturated rings. The van der Waals surface area contributed by atoms with Crippen LogP contribution in [0.25, 0.3) is 10.9 Å². The Morgan fingerprint density at radius 2 is 1.95 bits per heavy atom. The fourth-order valence-electron chi connectivity index (χ4n) is 2.17. The number of pyridine rings is 1. The molecule has 0 aliphatic heterocycles. The van der Waals surface area contributed by atoms with Crippen LogP contribution in [0.5, 0.6) is 0 Å². The Morgan fingerprint density at radius 3 is 2.70 bits per heavy atom. The van der Waals surface area contributed by atoms with E-state index in [-0.39, 0.29) is 11.7 Å². The number of hydrogen-bond donors (Lipinski definition) is 1. The van der Waals surface area contributed by atoms with Crippen LogP contribution in [0.2, 0.25) is 0 Å². The molecule has 0 unspecified atom stereocenters. The zero-order valence-corrected chi connectivity index (χ0v) is 10.8. The van der Waals surface area contributed by atoms with Crippen LogP contribution >= 0.6 is 0 Å². The van der Waals surface area contributed by atoms with E-state index in [1.54, 1.807) is 48.3 Å². The quantitative estimate of drug-likeness (QED) is 0.777. The number of nitrogens with one attached hydrogen (secondary N) is 1. The largest absolute Gasteiger partial charge is 0.340 e. The van der Waals surface area contributed by atoms with Crippen LogP contribution in [-0.2, 0) is 7.05 Å². The minimum atomic E-state index is -0.316. The first-order valence-electron chi connectivity index (χ1n) is 6.11. The molecule has 20 heavy (non-hydrogen) atoms. The maximum Gasteiger partial charge on any atom is 0.272 e. The van der Waals surface area contributed by atoms with Gasteiger partial charge in [-0.3, -0.25) is 9.78 Å². The van der Waals surface area contributed by atoms with Crippen LogP contribution in [-0.4, -0.2) is 15.5 Å². The number of hydrogen-bond acceptors (Lipinski definition) is 2. The summed E-state index contributed by atoms with van der Waals surface area (Å²) in [5.74, 6) is -0.556. The Labute approximate surface area is 114 Å². The Bertz CT molecular complexity index is 780. The third kappa shape index (κ3) is 2.14. The molecule has 0 atom stereocenters. The third-order valence-electron chi connectivity index (χ3n) is 3.18. The van der Waals surface area contributed by atoms with Gasteiger partial charge in [0.15, 0.2) is 0 Å². The van der Waals surface area contributed by atoms with Gasteiger partial charge < -0.3 is 9.88 Å². The minimum absolute atomic E-state index is 0.240. The number of benzene rings is 1. The molecular formula is C15H12FN3O. The molecule has 3 aromatic rings. The van der Waals surface area contributed by atoms with Gasteiger partial charge in [-0.1, -0.05) is 0 Å². The molecular weight excluding hydrogens is 257 g/mol. The monoisotopic (exact) mass is 269 g/mol. The normalized spacial score (nSPS) is 10.7. The maximum atomic E-state index is 13.2. The van der Waals surface area contributed by atoms with Gasteiger partial charge in [-0.05, 0) is 36.4 Å². The van der Waals surface area contributed by atoms with Gasteiger partial charge in [0.25, 0.3) is 5.91 Å². The summed E-state index contributed by atoms with van der Waals surface area (Å²) < 4.78 is 15.0. The second-order valence-electron chi connectivity index (χ2n) is 4.48. The summed E-state index contributed by atoms with van der Waals surface area (Å²) in [6.07, 6.45) is 3.21. The van der Waals surface area contributed by atoms with E-state index in [9.17, 15) is 9.18 Å². The van der Waals surface area contributed by atoms with Crippen molar-refractivity contribution in [3.63, 3.8) is 0 Å². The van der Waals surface area contributed by atoms with Crippen LogP contribution in [0, 0.1) is 5.82 Å². The molecule has 0 aliphatic carbocycles. The van der Waals surface area contributed by atoms with Crippen LogP contribution in [0.3, 0.4) is 0 Å². The van der Waals surface area contributed by atoms with Crippen molar-refractivity contribution >= 4 is 22.5 Å². The molecule has 1 amide bonds. The van der Waals surface area contributed by atoms with Crippen molar-refractivity contribution in [2.45, 2.75) is 0 Å².